The second kappa shape index (κ2) is 11.5. The third-order valence-corrected chi connectivity index (χ3v) is 6.12. The first-order chi connectivity index (χ1) is 16.3. The molecule has 3 nitrogen and oxygen atoms in total. The number of nitrogens with zero attached hydrogens (tertiary/aromatic N) is 2. The van der Waals surface area contributed by atoms with Gasteiger partial charge in [-0.2, -0.15) is 5.26 Å². The molecule has 0 spiro atoms. The molecule has 0 bridgehead atoms. The van der Waals surface area contributed by atoms with E-state index in [1.54, 1.807) is 0 Å². The van der Waals surface area contributed by atoms with Crippen LogP contribution in [0.2, 0.25) is 0 Å². The van der Waals surface area contributed by atoms with E-state index >= 15 is 0 Å². The van der Waals surface area contributed by atoms with Gasteiger partial charge in [0.25, 0.3) is 0 Å². The van der Waals surface area contributed by atoms with E-state index in [2.05, 4.69) is 29.4 Å². The summed E-state index contributed by atoms with van der Waals surface area (Å²) in [5.74, 6) is -0.462. The van der Waals surface area contributed by atoms with Crippen molar-refractivity contribution in [1.82, 2.24) is 0 Å². The predicted molar refractivity (Wildman–Crippen MR) is 137 cm³/mol. The topological polar surface area (TPSA) is 39.1 Å². The number of nitriles is 1. The molecule has 0 saturated carbocycles. The Morgan fingerprint density at radius 1 is 1.18 bits per heavy atom. The first kappa shape index (κ1) is 25.0. The minimum Gasteiger partial charge on any atom is -0.370 e. The molecule has 1 N–H and O–H groups in total. The van der Waals surface area contributed by atoms with Crippen molar-refractivity contribution in [2.45, 2.75) is 33.1 Å². The van der Waals surface area contributed by atoms with E-state index in [9.17, 15) is 14.0 Å². The number of anilines is 2. The van der Waals surface area contributed by atoms with Gasteiger partial charge in [-0.3, -0.25) is 0 Å². The highest BCUT2D eigenvalue weighted by molar-refractivity contribution is 5.75. The summed E-state index contributed by atoms with van der Waals surface area (Å²) in [6.07, 6.45) is 8.11. The van der Waals surface area contributed by atoms with Gasteiger partial charge < -0.3 is 10.2 Å². The van der Waals surface area contributed by atoms with Gasteiger partial charge in [0, 0.05) is 18.8 Å². The monoisotopic (exact) mass is 459 g/mol. The predicted octanol–water partition coefficient (Wildman–Crippen LogP) is 7.30. The molecule has 1 fully saturated rings. The van der Waals surface area contributed by atoms with Gasteiger partial charge in [-0.1, -0.05) is 31.4 Å². The Bertz CT molecular complexity index is 1160. The molecule has 2 aromatic carbocycles. The third-order valence-electron chi connectivity index (χ3n) is 6.12. The van der Waals surface area contributed by atoms with Gasteiger partial charge in [-0.05, 0) is 92.1 Å². The Labute approximate surface area is 201 Å². The highest BCUT2D eigenvalue weighted by Gasteiger charge is 2.23. The van der Waals surface area contributed by atoms with Gasteiger partial charge in [0.15, 0.2) is 0 Å². The fourth-order valence-electron chi connectivity index (χ4n) is 4.29. The van der Waals surface area contributed by atoms with Crippen LogP contribution in [0.4, 0.5) is 20.2 Å². The molecule has 1 aliphatic rings. The van der Waals surface area contributed by atoms with Crippen LogP contribution in [0.3, 0.4) is 0 Å². The van der Waals surface area contributed by atoms with E-state index in [0.717, 1.165) is 54.5 Å². The molecule has 0 amide bonds. The summed E-state index contributed by atoms with van der Waals surface area (Å²) >= 11 is 0. The summed E-state index contributed by atoms with van der Waals surface area (Å²) in [5.41, 5.74) is 5.30. The number of hydrogen-bond donors (Lipinski definition) is 1. The normalized spacial score (nSPS) is 14.8. The molecular weight excluding hydrogens is 428 g/mol. The molecule has 0 aromatic heterocycles. The van der Waals surface area contributed by atoms with Crippen LogP contribution in [0.15, 0.2) is 84.6 Å². The number of halogens is 2. The minimum absolute atomic E-state index is 0.288. The summed E-state index contributed by atoms with van der Waals surface area (Å²) in [6.45, 7) is 13.7. The summed E-state index contributed by atoms with van der Waals surface area (Å²) in [4.78, 5) is 2.27. The van der Waals surface area contributed by atoms with E-state index in [4.69, 9.17) is 0 Å². The number of benzene rings is 2. The Hall–Kier alpha value is -3.65. The molecular formula is C29H31F2N3. The van der Waals surface area contributed by atoms with E-state index in [1.807, 2.05) is 50.3 Å². The first-order valence-corrected chi connectivity index (χ1v) is 11.5. The summed E-state index contributed by atoms with van der Waals surface area (Å²) < 4.78 is 27.6. The number of allylic oxidation sites excluding steroid dienone is 4. The van der Waals surface area contributed by atoms with Crippen molar-refractivity contribution in [2.24, 2.45) is 5.92 Å². The zero-order valence-corrected chi connectivity index (χ0v) is 19.9. The van der Waals surface area contributed by atoms with Gasteiger partial charge in [-0.25, -0.2) is 8.78 Å². The van der Waals surface area contributed by atoms with Crippen molar-refractivity contribution >= 4 is 11.4 Å². The standard InChI is InChI=1S/C29H31F2N3/c1-5-6-7-26(20(2)3)21(4)33-28-17-23(19-32)8-11-29(28)34-14-12-22(13-15-34)16-24-18-25(30)9-10-27(24)31/h5-11,17-18,22,33H,2,4,12-16H2,1,3H3/b6-5-,26-7+. The molecule has 3 rings (SSSR count). The summed E-state index contributed by atoms with van der Waals surface area (Å²) in [5, 5.41) is 12.8. The highest BCUT2D eigenvalue weighted by Crippen LogP contribution is 2.34. The molecule has 34 heavy (non-hydrogen) atoms. The van der Waals surface area contributed by atoms with Crippen LogP contribution in [-0.4, -0.2) is 13.1 Å². The largest absolute Gasteiger partial charge is 0.370 e. The quantitative estimate of drug-likeness (QED) is 0.421. The Morgan fingerprint density at radius 2 is 1.91 bits per heavy atom. The molecule has 176 valence electrons. The van der Waals surface area contributed by atoms with Gasteiger partial charge in [0.1, 0.15) is 11.6 Å². The van der Waals surface area contributed by atoms with Crippen LogP contribution in [0, 0.1) is 28.9 Å². The Balaban J connectivity index is 1.76. The molecule has 1 saturated heterocycles. The van der Waals surface area contributed by atoms with Crippen molar-refractivity contribution < 1.29 is 8.78 Å². The van der Waals surface area contributed by atoms with Crippen molar-refractivity contribution in [2.75, 3.05) is 23.3 Å². The molecule has 1 heterocycles. The van der Waals surface area contributed by atoms with Crippen molar-refractivity contribution in [3.05, 3.63) is 107 Å². The average Bonchev–Trinajstić information content (AvgIpc) is 2.82. The molecule has 2 aromatic rings. The van der Waals surface area contributed by atoms with Gasteiger partial charge in [0.05, 0.1) is 23.0 Å². The molecule has 0 aliphatic carbocycles. The van der Waals surface area contributed by atoms with Crippen LogP contribution in [0.1, 0.15) is 37.8 Å². The van der Waals surface area contributed by atoms with Gasteiger partial charge in [0.2, 0.25) is 0 Å². The van der Waals surface area contributed by atoms with Crippen molar-refractivity contribution in [3.63, 3.8) is 0 Å². The van der Waals surface area contributed by atoms with E-state index < -0.39 is 5.82 Å². The maximum absolute atomic E-state index is 14.1. The maximum Gasteiger partial charge on any atom is 0.126 e. The lowest BCUT2D eigenvalue weighted by molar-refractivity contribution is 0.397. The molecule has 1 aliphatic heterocycles. The number of piperidine rings is 1. The third kappa shape index (κ3) is 6.23. The van der Waals surface area contributed by atoms with Crippen molar-refractivity contribution in [1.29, 1.82) is 5.26 Å². The zero-order chi connectivity index (χ0) is 24.7. The lowest BCUT2D eigenvalue weighted by Gasteiger charge is -2.35. The maximum atomic E-state index is 14.1. The SMILES string of the molecule is C=C(C)/C(=C\C=C/C)C(=C)Nc1cc(C#N)ccc1N1CCC(Cc2cc(F)ccc2F)CC1. The minimum atomic E-state index is -0.403. The van der Waals surface area contributed by atoms with Crippen molar-refractivity contribution in [3.8, 4) is 6.07 Å². The molecule has 0 unspecified atom stereocenters. The lowest BCUT2D eigenvalue weighted by atomic mass is 9.89. The van der Waals surface area contributed by atoms with Crippen LogP contribution in [0.25, 0.3) is 0 Å². The first-order valence-electron chi connectivity index (χ1n) is 11.5. The van der Waals surface area contributed by atoms with E-state index in [0.29, 0.717) is 23.2 Å². The molecule has 0 radical (unpaired) electrons. The number of rotatable bonds is 8. The average molecular weight is 460 g/mol. The highest BCUT2D eigenvalue weighted by atomic mass is 19.1. The number of nitrogens with one attached hydrogen (secondary N) is 1. The Morgan fingerprint density at radius 3 is 2.56 bits per heavy atom. The van der Waals surface area contributed by atoms with Crippen LogP contribution < -0.4 is 10.2 Å². The molecule has 5 heteroatoms. The fourth-order valence-corrected chi connectivity index (χ4v) is 4.29. The van der Waals surface area contributed by atoms with E-state index in [-0.39, 0.29) is 11.7 Å². The van der Waals surface area contributed by atoms with Crippen LogP contribution in [0.5, 0.6) is 0 Å². The zero-order valence-electron chi connectivity index (χ0n) is 19.9. The smallest absolute Gasteiger partial charge is 0.126 e. The van der Waals surface area contributed by atoms with Gasteiger partial charge in [-0.15, -0.1) is 0 Å². The summed E-state index contributed by atoms with van der Waals surface area (Å²) in [7, 11) is 0. The lowest BCUT2D eigenvalue weighted by Crippen LogP contribution is -2.34. The fraction of sp³-hybridized carbons (Fsp3) is 0.276. The van der Waals surface area contributed by atoms with Crippen LogP contribution >= 0.6 is 0 Å². The second-order valence-electron chi connectivity index (χ2n) is 8.70. The number of hydrogen-bond acceptors (Lipinski definition) is 3. The summed E-state index contributed by atoms with van der Waals surface area (Å²) in [6, 6.07) is 11.5. The van der Waals surface area contributed by atoms with Gasteiger partial charge >= 0.3 is 0 Å². The Kier molecular flexibility index (Phi) is 8.43. The van der Waals surface area contributed by atoms with E-state index in [1.165, 1.54) is 12.1 Å². The van der Waals surface area contributed by atoms with Crippen LogP contribution in [-0.2, 0) is 6.42 Å². The second-order valence-corrected chi connectivity index (χ2v) is 8.70. The molecule has 0 atom stereocenters.